The lowest BCUT2D eigenvalue weighted by molar-refractivity contribution is -0.124. The molecule has 2 unspecified atom stereocenters. The van der Waals surface area contributed by atoms with E-state index in [1.54, 1.807) is 11.3 Å². The molecule has 0 radical (unpaired) electrons. The number of carbonyl (C=O) groups excluding carboxylic acids is 2. The molecule has 1 aromatic carbocycles. The Morgan fingerprint density at radius 3 is 2.66 bits per heavy atom. The average Bonchev–Trinajstić information content (AvgIpc) is 3.33. The zero-order chi connectivity index (χ0) is 25.2. The molecule has 0 saturated carbocycles. The smallest absolute Gasteiger partial charge is 0.339 e. The molecule has 184 valence electrons. The van der Waals surface area contributed by atoms with Gasteiger partial charge in [-0.2, -0.15) is 0 Å². The molecule has 1 aliphatic carbocycles. The van der Waals surface area contributed by atoms with E-state index in [0.29, 0.717) is 11.5 Å². The van der Waals surface area contributed by atoms with Crippen molar-refractivity contribution in [2.75, 3.05) is 6.61 Å². The summed E-state index contributed by atoms with van der Waals surface area (Å²) < 4.78 is 5.58. The number of esters is 1. The van der Waals surface area contributed by atoms with Gasteiger partial charge in [-0.15, -0.1) is 11.3 Å². The monoisotopic (exact) mass is 490 g/mol. The van der Waals surface area contributed by atoms with Crippen molar-refractivity contribution in [3.63, 3.8) is 0 Å². The summed E-state index contributed by atoms with van der Waals surface area (Å²) in [5.41, 5.74) is 4.28. The maximum absolute atomic E-state index is 13.5. The van der Waals surface area contributed by atoms with Crippen molar-refractivity contribution >= 4 is 45.8 Å². The van der Waals surface area contributed by atoms with Gasteiger partial charge in [0.2, 0.25) is 0 Å². The fraction of sp³-hybridized carbons (Fsp3) is 0.414. The minimum atomic E-state index is -0.468. The zero-order valence-electron chi connectivity index (χ0n) is 21.2. The number of ether oxygens (including phenoxy) is 1. The highest BCUT2D eigenvalue weighted by atomic mass is 32.1. The summed E-state index contributed by atoms with van der Waals surface area (Å²) in [5, 5.41) is 5.69. The number of thiophene rings is 1. The van der Waals surface area contributed by atoms with Crippen LogP contribution in [0.5, 0.6) is 0 Å². The lowest BCUT2D eigenvalue weighted by Gasteiger charge is -2.36. The summed E-state index contributed by atoms with van der Waals surface area (Å²) in [6.45, 7) is 10.4. The second kappa shape index (κ2) is 10.3. The van der Waals surface area contributed by atoms with Gasteiger partial charge in [-0.05, 0) is 72.2 Å². The van der Waals surface area contributed by atoms with E-state index in [4.69, 9.17) is 9.72 Å². The van der Waals surface area contributed by atoms with Crippen LogP contribution in [0.1, 0.15) is 74.0 Å². The number of nitrogens with one attached hydrogen (secondary N) is 1. The third-order valence-electron chi connectivity index (χ3n) is 6.86. The molecule has 0 aliphatic heterocycles. The quantitative estimate of drug-likeness (QED) is 0.400. The molecule has 0 spiro atoms. The average molecular weight is 491 g/mol. The number of hydrogen-bond donors (Lipinski definition) is 1. The van der Waals surface area contributed by atoms with Crippen LogP contribution in [0.3, 0.4) is 0 Å². The highest BCUT2D eigenvalue weighted by Crippen LogP contribution is 2.45. The zero-order valence-corrected chi connectivity index (χ0v) is 22.0. The number of allylic oxidation sites excluding steroid dienone is 1. The molecule has 1 N–H and O–H groups in total. The number of nitrogens with zero attached hydrogens (tertiary/aromatic N) is 1. The first kappa shape index (κ1) is 25.1. The Labute approximate surface area is 211 Å². The molecule has 2 aromatic heterocycles. The van der Waals surface area contributed by atoms with E-state index in [9.17, 15) is 9.59 Å². The molecule has 1 aliphatic rings. The van der Waals surface area contributed by atoms with E-state index in [1.165, 1.54) is 4.88 Å². The van der Waals surface area contributed by atoms with Crippen LogP contribution in [-0.2, 0) is 16.0 Å². The van der Waals surface area contributed by atoms with Crippen molar-refractivity contribution in [3.05, 3.63) is 63.5 Å². The summed E-state index contributed by atoms with van der Waals surface area (Å²) in [6, 6.07) is 11.9. The van der Waals surface area contributed by atoms with Gasteiger partial charge in [0.05, 0.1) is 16.8 Å². The van der Waals surface area contributed by atoms with Gasteiger partial charge < -0.3 is 10.1 Å². The van der Waals surface area contributed by atoms with E-state index in [1.807, 2.05) is 44.2 Å². The Morgan fingerprint density at radius 1 is 1.20 bits per heavy atom. The van der Waals surface area contributed by atoms with Crippen LogP contribution >= 0.6 is 11.3 Å². The molecule has 0 bridgehead atoms. The van der Waals surface area contributed by atoms with Crippen LogP contribution in [0.2, 0.25) is 0 Å². The van der Waals surface area contributed by atoms with Crippen molar-refractivity contribution in [3.8, 4) is 0 Å². The summed E-state index contributed by atoms with van der Waals surface area (Å²) in [4.78, 5) is 32.0. The second-order valence-corrected chi connectivity index (χ2v) is 11.4. The number of pyridine rings is 1. The predicted molar refractivity (Wildman–Crippen MR) is 143 cm³/mol. The normalized spacial score (nSPS) is 17.7. The fourth-order valence-corrected chi connectivity index (χ4v) is 5.22. The minimum Gasteiger partial charge on any atom is -0.452 e. The molecule has 2 heterocycles. The van der Waals surface area contributed by atoms with Gasteiger partial charge in [0.25, 0.3) is 5.91 Å². The molecule has 1 amide bonds. The number of fused-ring (bicyclic) bond motifs is 2. The van der Waals surface area contributed by atoms with Gasteiger partial charge in [-0.1, -0.05) is 52.0 Å². The summed E-state index contributed by atoms with van der Waals surface area (Å²) in [7, 11) is 0. The molecule has 3 aromatic rings. The molecule has 2 atom stereocenters. The van der Waals surface area contributed by atoms with Crippen LogP contribution in [0.25, 0.3) is 22.6 Å². The maximum atomic E-state index is 13.5. The number of aromatic nitrogens is 1. The molecule has 5 nitrogen and oxygen atoms in total. The first-order chi connectivity index (χ1) is 16.7. The van der Waals surface area contributed by atoms with Crippen LogP contribution in [-0.4, -0.2) is 29.5 Å². The van der Waals surface area contributed by atoms with Crippen molar-refractivity contribution in [1.82, 2.24) is 10.3 Å². The van der Waals surface area contributed by atoms with Gasteiger partial charge in [-0.3, -0.25) is 4.79 Å². The molecular formula is C29H34N2O3S. The van der Waals surface area contributed by atoms with E-state index < -0.39 is 5.97 Å². The van der Waals surface area contributed by atoms with E-state index in [0.717, 1.165) is 47.0 Å². The highest BCUT2D eigenvalue weighted by Gasteiger charge is 2.35. The Hall–Kier alpha value is -2.99. The first-order valence-corrected chi connectivity index (χ1v) is 13.2. The van der Waals surface area contributed by atoms with E-state index in [2.05, 4.69) is 43.6 Å². The number of para-hydroxylation sites is 1. The third-order valence-corrected chi connectivity index (χ3v) is 7.68. The highest BCUT2D eigenvalue weighted by molar-refractivity contribution is 7.10. The molecule has 6 heteroatoms. The largest absolute Gasteiger partial charge is 0.452 e. The Bertz CT molecular complexity index is 1250. The molecule has 4 rings (SSSR count). The Kier molecular flexibility index (Phi) is 7.41. The number of carbonyl (C=O) groups is 2. The minimum absolute atomic E-state index is 0.0354. The van der Waals surface area contributed by atoms with Gasteiger partial charge in [0, 0.05) is 16.3 Å². The van der Waals surface area contributed by atoms with Gasteiger partial charge in [-0.25, -0.2) is 9.78 Å². The van der Waals surface area contributed by atoms with Crippen LogP contribution < -0.4 is 5.32 Å². The lowest BCUT2D eigenvalue weighted by Crippen LogP contribution is -2.35. The number of rotatable bonds is 6. The molecule has 0 fully saturated rings. The van der Waals surface area contributed by atoms with E-state index in [-0.39, 0.29) is 24.0 Å². The van der Waals surface area contributed by atoms with Crippen molar-refractivity contribution in [2.45, 2.75) is 59.9 Å². The Morgan fingerprint density at radius 2 is 1.97 bits per heavy atom. The van der Waals surface area contributed by atoms with Crippen LogP contribution in [0, 0.1) is 11.3 Å². The van der Waals surface area contributed by atoms with Crippen molar-refractivity contribution in [2.24, 2.45) is 11.3 Å². The number of amides is 1. The molecular weight excluding hydrogens is 456 g/mol. The third kappa shape index (κ3) is 5.64. The topological polar surface area (TPSA) is 68.3 Å². The Balaban J connectivity index is 1.80. The first-order valence-electron chi connectivity index (χ1n) is 12.3. The van der Waals surface area contributed by atoms with Crippen LogP contribution in [0.15, 0.2) is 41.8 Å². The fourth-order valence-electron chi connectivity index (χ4n) is 4.54. The van der Waals surface area contributed by atoms with E-state index >= 15 is 0 Å². The van der Waals surface area contributed by atoms with Crippen LogP contribution in [0.4, 0.5) is 0 Å². The van der Waals surface area contributed by atoms with Gasteiger partial charge >= 0.3 is 5.97 Å². The van der Waals surface area contributed by atoms with Crippen molar-refractivity contribution < 1.29 is 14.3 Å². The number of hydrogen-bond acceptors (Lipinski definition) is 5. The number of benzene rings is 1. The lowest BCUT2D eigenvalue weighted by atomic mass is 9.69. The van der Waals surface area contributed by atoms with Crippen molar-refractivity contribution in [1.29, 1.82) is 0 Å². The molecule has 0 saturated heterocycles. The summed E-state index contributed by atoms with van der Waals surface area (Å²) >= 11 is 1.69. The van der Waals surface area contributed by atoms with Gasteiger partial charge in [0.1, 0.15) is 0 Å². The SMILES string of the molecule is CCC(C)NC(=O)COC(=O)c1c2c(nc3ccccc13)C(=Cc1cccs1)CC(C(C)(C)C)C2. The second-order valence-electron chi connectivity index (χ2n) is 10.4. The summed E-state index contributed by atoms with van der Waals surface area (Å²) in [6.07, 6.45) is 4.65. The maximum Gasteiger partial charge on any atom is 0.339 e. The van der Waals surface area contributed by atoms with Gasteiger partial charge in [0.15, 0.2) is 6.61 Å². The molecule has 35 heavy (non-hydrogen) atoms. The standard InChI is InChI=1S/C29H34N2O3S/c1-6-18(2)30-25(32)17-34-28(33)26-22-11-7-8-12-24(22)31-27-19(15-21-10-9-13-35-21)14-20(16-23(26)27)29(3,4)5/h7-13,15,18,20H,6,14,16-17H2,1-5H3,(H,30,32). The predicted octanol–water partition coefficient (Wildman–Crippen LogP) is 6.52. The summed E-state index contributed by atoms with van der Waals surface area (Å²) in [5.74, 6) is -0.417.